The summed E-state index contributed by atoms with van der Waals surface area (Å²) in [5.74, 6) is 0. The van der Waals surface area contributed by atoms with Crippen molar-refractivity contribution in [2.75, 3.05) is 19.7 Å². The lowest BCUT2D eigenvalue weighted by Gasteiger charge is -2.37. The zero-order valence-electron chi connectivity index (χ0n) is 10.8. The van der Waals surface area contributed by atoms with Gasteiger partial charge in [-0.2, -0.15) is 0 Å². The van der Waals surface area contributed by atoms with Gasteiger partial charge in [-0.15, -0.1) is 0 Å². The zero-order chi connectivity index (χ0) is 12.1. The molecule has 0 bridgehead atoms. The van der Waals surface area contributed by atoms with Crippen LogP contribution in [0.1, 0.15) is 33.6 Å². The molecule has 1 aliphatic rings. The van der Waals surface area contributed by atoms with Crippen LogP contribution in [-0.2, 0) is 4.74 Å². The van der Waals surface area contributed by atoms with Crippen LogP contribution in [0, 0.1) is 0 Å². The van der Waals surface area contributed by atoms with E-state index >= 15 is 0 Å². The molecule has 2 unspecified atom stereocenters. The number of nitrogens with zero attached hydrogens (tertiary/aromatic N) is 1. The lowest BCUT2D eigenvalue weighted by atomic mass is 10.0. The van der Waals surface area contributed by atoms with Gasteiger partial charge in [-0.25, -0.2) is 0 Å². The Bertz CT molecular complexity index is 228. The van der Waals surface area contributed by atoms with Gasteiger partial charge in [0, 0.05) is 19.1 Å². The molecule has 1 heterocycles. The number of hydrogen-bond acceptors (Lipinski definition) is 3. The molecule has 1 rings (SSSR count). The summed E-state index contributed by atoms with van der Waals surface area (Å²) in [4.78, 5) is 2.35. The normalized spacial score (nSPS) is 24.7. The van der Waals surface area contributed by atoms with Crippen molar-refractivity contribution in [3.8, 4) is 0 Å². The van der Waals surface area contributed by atoms with Gasteiger partial charge >= 0.3 is 0 Å². The summed E-state index contributed by atoms with van der Waals surface area (Å²) in [6.07, 6.45) is 1.12. The van der Waals surface area contributed by atoms with Crippen LogP contribution < -0.4 is 0 Å². The molecule has 0 spiro atoms. The van der Waals surface area contributed by atoms with Crippen molar-refractivity contribution in [1.29, 1.82) is 0 Å². The molecule has 0 amide bonds. The summed E-state index contributed by atoms with van der Waals surface area (Å²) in [7, 11) is 0. The third-order valence-corrected chi connectivity index (χ3v) is 3.28. The highest BCUT2D eigenvalue weighted by atomic mass is 16.5. The van der Waals surface area contributed by atoms with E-state index in [2.05, 4.69) is 32.3 Å². The second-order valence-corrected chi connectivity index (χ2v) is 4.87. The van der Waals surface area contributed by atoms with Crippen LogP contribution in [-0.4, -0.2) is 48.0 Å². The van der Waals surface area contributed by atoms with Gasteiger partial charge in [-0.05, 0) is 26.7 Å². The first kappa shape index (κ1) is 13.7. The predicted molar refractivity (Wildman–Crippen MR) is 66.5 cm³/mol. The molecular weight excluding hydrogens is 202 g/mol. The zero-order valence-corrected chi connectivity index (χ0v) is 10.8. The van der Waals surface area contributed by atoms with Crippen LogP contribution in [0.15, 0.2) is 12.2 Å². The standard InChI is InChI=1S/C13H25NO2/c1-5-11(4)8-12(15)13-9-14(10(2)3)6-7-16-13/h10,12-13,15H,4-9H2,1-3H3. The van der Waals surface area contributed by atoms with Crippen LogP contribution in [0.2, 0.25) is 0 Å². The summed E-state index contributed by atoms with van der Waals surface area (Å²) in [6.45, 7) is 12.9. The first-order valence-electron chi connectivity index (χ1n) is 6.25. The summed E-state index contributed by atoms with van der Waals surface area (Å²) < 4.78 is 5.63. The van der Waals surface area contributed by atoms with Gasteiger partial charge in [-0.1, -0.05) is 19.1 Å². The maximum absolute atomic E-state index is 10.1. The topological polar surface area (TPSA) is 32.7 Å². The second-order valence-electron chi connectivity index (χ2n) is 4.87. The molecule has 0 aromatic rings. The lowest BCUT2D eigenvalue weighted by Crippen LogP contribution is -2.50. The van der Waals surface area contributed by atoms with E-state index in [4.69, 9.17) is 4.74 Å². The Hall–Kier alpha value is -0.380. The molecule has 2 atom stereocenters. The van der Waals surface area contributed by atoms with Crippen molar-refractivity contribution in [3.05, 3.63) is 12.2 Å². The minimum absolute atomic E-state index is 0.0561. The fourth-order valence-corrected chi connectivity index (χ4v) is 1.97. The largest absolute Gasteiger partial charge is 0.390 e. The Morgan fingerprint density at radius 3 is 2.81 bits per heavy atom. The fourth-order valence-electron chi connectivity index (χ4n) is 1.97. The monoisotopic (exact) mass is 227 g/mol. The highest BCUT2D eigenvalue weighted by Crippen LogP contribution is 2.17. The number of aliphatic hydroxyl groups is 1. The van der Waals surface area contributed by atoms with E-state index in [1.54, 1.807) is 0 Å². The third kappa shape index (κ3) is 3.89. The molecule has 0 aromatic heterocycles. The van der Waals surface area contributed by atoms with Crippen LogP contribution >= 0.6 is 0 Å². The molecule has 3 nitrogen and oxygen atoms in total. The quantitative estimate of drug-likeness (QED) is 0.727. The summed E-state index contributed by atoms with van der Waals surface area (Å²) in [5.41, 5.74) is 1.10. The summed E-state index contributed by atoms with van der Waals surface area (Å²) in [6, 6.07) is 0.521. The Balaban J connectivity index is 2.43. The molecule has 16 heavy (non-hydrogen) atoms. The summed E-state index contributed by atoms with van der Waals surface area (Å²) >= 11 is 0. The Morgan fingerprint density at radius 1 is 1.56 bits per heavy atom. The minimum atomic E-state index is -0.408. The number of hydrogen-bond donors (Lipinski definition) is 1. The number of morpholine rings is 1. The van der Waals surface area contributed by atoms with Crippen molar-refractivity contribution < 1.29 is 9.84 Å². The van der Waals surface area contributed by atoms with Crippen LogP contribution in [0.25, 0.3) is 0 Å². The van der Waals surface area contributed by atoms with Crippen molar-refractivity contribution in [2.24, 2.45) is 0 Å². The fraction of sp³-hybridized carbons (Fsp3) is 0.846. The van der Waals surface area contributed by atoms with Crippen LogP contribution in [0.3, 0.4) is 0 Å². The first-order chi connectivity index (χ1) is 7.54. The van der Waals surface area contributed by atoms with Gasteiger partial charge in [0.1, 0.15) is 0 Å². The van der Waals surface area contributed by atoms with E-state index in [1.165, 1.54) is 0 Å². The molecule has 1 saturated heterocycles. The Labute approximate surface area is 99.1 Å². The van der Waals surface area contributed by atoms with Crippen LogP contribution in [0.5, 0.6) is 0 Å². The van der Waals surface area contributed by atoms with E-state index in [-0.39, 0.29) is 6.10 Å². The van der Waals surface area contributed by atoms with E-state index in [1.807, 2.05) is 0 Å². The molecule has 1 aliphatic heterocycles. The molecule has 0 radical (unpaired) electrons. The van der Waals surface area contributed by atoms with E-state index in [0.717, 1.165) is 31.7 Å². The molecule has 94 valence electrons. The summed E-state index contributed by atoms with van der Waals surface area (Å²) in [5, 5.41) is 10.1. The lowest BCUT2D eigenvalue weighted by molar-refractivity contribution is -0.0941. The Kier molecular flexibility index (Phi) is 5.46. The second kappa shape index (κ2) is 6.38. The molecule has 1 N–H and O–H groups in total. The molecule has 1 fully saturated rings. The Morgan fingerprint density at radius 2 is 2.25 bits per heavy atom. The average molecular weight is 227 g/mol. The number of aliphatic hydroxyl groups excluding tert-OH is 1. The van der Waals surface area contributed by atoms with E-state index < -0.39 is 6.10 Å². The van der Waals surface area contributed by atoms with Crippen molar-refractivity contribution in [1.82, 2.24) is 4.90 Å². The van der Waals surface area contributed by atoms with Gasteiger partial charge in [0.15, 0.2) is 0 Å². The van der Waals surface area contributed by atoms with Gasteiger partial charge < -0.3 is 9.84 Å². The molecule has 0 saturated carbocycles. The molecule has 0 aliphatic carbocycles. The van der Waals surface area contributed by atoms with Crippen LogP contribution in [0.4, 0.5) is 0 Å². The van der Waals surface area contributed by atoms with Gasteiger partial charge in [-0.3, -0.25) is 4.90 Å². The van der Waals surface area contributed by atoms with Gasteiger partial charge in [0.25, 0.3) is 0 Å². The van der Waals surface area contributed by atoms with E-state index in [9.17, 15) is 5.11 Å². The minimum Gasteiger partial charge on any atom is -0.390 e. The average Bonchev–Trinajstić information content (AvgIpc) is 2.28. The van der Waals surface area contributed by atoms with Gasteiger partial charge in [0.2, 0.25) is 0 Å². The molecule has 0 aromatic carbocycles. The SMILES string of the molecule is C=C(CC)CC(O)C1CN(C(C)C)CCO1. The van der Waals surface area contributed by atoms with Crippen molar-refractivity contribution in [2.45, 2.75) is 51.9 Å². The third-order valence-electron chi connectivity index (χ3n) is 3.28. The highest BCUT2D eigenvalue weighted by Gasteiger charge is 2.27. The van der Waals surface area contributed by atoms with E-state index in [0.29, 0.717) is 12.5 Å². The van der Waals surface area contributed by atoms with Crippen molar-refractivity contribution >= 4 is 0 Å². The predicted octanol–water partition coefficient (Wildman–Crippen LogP) is 1.81. The van der Waals surface area contributed by atoms with Crippen molar-refractivity contribution in [3.63, 3.8) is 0 Å². The number of rotatable bonds is 5. The highest BCUT2D eigenvalue weighted by molar-refractivity contribution is 4.97. The molecule has 3 heteroatoms. The maximum Gasteiger partial charge on any atom is 0.0964 e. The smallest absolute Gasteiger partial charge is 0.0964 e. The first-order valence-corrected chi connectivity index (χ1v) is 6.25. The molecular formula is C13H25NO2. The van der Waals surface area contributed by atoms with Gasteiger partial charge in [0.05, 0.1) is 18.8 Å². The number of ether oxygens (including phenoxy) is 1. The maximum atomic E-state index is 10.1.